The maximum atomic E-state index is 12.5. The SMILES string of the molecule is CCCNC1CCN(S(=O)(=O)c2sccc2Br)CC1. The number of piperidine rings is 1. The van der Waals surface area contributed by atoms with E-state index in [2.05, 4.69) is 28.2 Å². The Morgan fingerprint density at radius 2 is 2.16 bits per heavy atom. The van der Waals surface area contributed by atoms with Crippen molar-refractivity contribution in [1.82, 2.24) is 9.62 Å². The molecule has 1 aromatic rings. The Balaban J connectivity index is 2.00. The standard InChI is InChI=1S/C12H19BrN2O2S2/c1-2-6-14-10-3-7-15(8-4-10)19(16,17)12-11(13)5-9-18-12/h5,9-10,14H,2-4,6-8H2,1H3. The first kappa shape index (κ1) is 15.4. The molecular weight excluding hydrogens is 348 g/mol. The van der Waals surface area contributed by atoms with Crippen LogP contribution in [0.15, 0.2) is 20.1 Å². The van der Waals surface area contributed by atoms with Crippen molar-refractivity contribution in [2.24, 2.45) is 0 Å². The van der Waals surface area contributed by atoms with E-state index >= 15 is 0 Å². The van der Waals surface area contributed by atoms with Crippen LogP contribution in [0.1, 0.15) is 26.2 Å². The Labute approximate surface area is 127 Å². The number of rotatable bonds is 5. The smallest absolute Gasteiger partial charge is 0.253 e. The molecule has 0 radical (unpaired) electrons. The van der Waals surface area contributed by atoms with Crippen molar-refractivity contribution >= 4 is 37.3 Å². The molecule has 1 N–H and O–H groups in total. The van der Waals surface area contributed by atoms with E-state index in [1.54, 1.807) is 15.8 Å². The summed E-state index contributed by atoms with van der Waals surface area (Å²) in [5, 5.41) is 5.26. The van der Waals surface area contributed by atoms with Crippen LogP contribution in [0, 0.1) is 0 Å². The Bertz CT molecular complexity index is 508. The van der Waals surface area contributed by atoms with Crippen molar-refractivity contribution in [3.63, 3.8) is 0 Å². The zero-order valence-corrected chi connectivity index (χ0v) is 14.2. The van der Waals surface area contributed by atoms with Crippen molar-refractivity contribution < 1.29 is 8.42 Å². The molecule has 1 aromatic heterocycles. The molecule has 0 amide bonds. The molecule has 0 aromatic carbocycles. The molecule has 1 fully saturated rings. The lowest BCUT2D eigenvalue weighted by Gasteiger charge is -2.31. The number of hydrogen-bond acceptors (Lipinski definition) is 4. The van der Waals surface area contributed by atoms with Gasteiger partial charge in [0.1, 0.15) is 4.21 Å². The van der Waals surface area contributed by atoms with E-state index in [9.17, 15) is 8.42 Å². The molecule has 1 saturated heterocycles. The minimum Gasteiger partial charge on any atom is -0.314 e. The fourth-order valence-electron chi connectivity index (χ4n) is 2.23. The minimum absolute atomic E-state index is 0.424. The summed E-state index contributed by atoms with van der Waals surface area (Å²) in [4.78, 5) is 0. The molecule has 108 valence electrons. The fraction of sp³-hybridized carbons (Fsp3) is 0.667. The Kier molecular flexibility index (Phi) is 5.42. The van der Waals surface area contributed by atoms with Crippen LogP contribution >= 0.6 is 27.3 Å². The van der Waals surface area contributed by atoms with Crippen LogP contribution in [0.3, 0.4) is 0 Å². The van der Waals surface area contributed by atoms with Gasteiger partial charge in [-0.25, -0.2) is 8.42 Å². The van der Waals surface area contributed by atoms with Crippen LogP contribution in [-0.4, -0.2) is 38.4 Å². The molecule has 19 heavy (non-hydrogen) atoms. The molecule has 0 aliphatic carbocycles. The highest BCUT2D eigenvalue weighted by molar-refractivity contribution is 9.10. The van der Waals surface area contributed by atoms with Crippen LogP contribution in [0.25, 0.3) is 0 Å². The molecule has 0 saturated carbocycles. The molecule has 0 bridgehead atoms. The number of sulfonamides is 1. The predicted octanol–water partition coefficient (Wildman–Crippen LogP) is 2.66. The van der Waals surface area contributed by atoms with Crippen LogP contribution in [-0.2, 0) is 10.0 Å². The molecule has 4 nitrogen and oxygen atoms in total. The van der Waals surface area contributed by atoms with E-state index in [1.807, 2.05) is 0 Å². The van der Waals surface area contributed by atoms with Gasteiger partial charge in [-0.1, -0.05) is 6.92 Å². The average molecular weight is 367 g/mol. The summed E-state index contributed by atoms with van der Waals surface area (Å²) in [6, 6.07) is 2.24. The number of nitrogens with one attached hydrogen (secondary N) is 1. The largest absolute Gasteiger partial charge is 0.314 e. The van der Waals surface area contributed by atoms with E-state index in [4.69, 9.17) is 0 Å². The van der Waals surface area contributed by atoms with Gasteiger partial charge in [0.05, 0.1) is 0 Å². The van der Waals surface area contributed by atoms with Gasteiger partial charge in [-0.05, 0) is 53.2 Å². The Hall–Kier alpha value is 0.0500. The summed E-state index contributed by atoms with van der Waals surface area (Å²) in [5.41, 5.74) is 0. The lowest BCUT2D eigenvalue weighted by Crippen LogP contribution is -2.44. The van der Waals surface area contributed by atoms with Crippen LogP contribution in [0.2, 0.25) is 0 Å². The topological polar surface area (TPSA) is 49.4 Å². The first-order chi connectivity index (χ1) is 9.05. The second-order valence-electron chi connectivity index (χ2n) is 4.69. The van der Waals surface area contributed by atoms with Gasteiger partial charge in [-0.3, -0.25) is 0 Å². The van der Waals surface area contributed by atoms with Gasteiger partial charge in [0.15, 0.2) is 0 Å². The summed E-state index contributed by atoms with van der Waals surface area (Å²) < 4.78 is 27.7. The van der Waals surface area contributed by atoms with Crippen molar-refractivity contribution in [3.05, 3.63) is 15.9 Å². The molecule has 1 aliphatic rings. The summed E-state index contributed by atoms with van der Waals surface area (Å²) in [6.07, 6.45) is 2.89. The predicted molar refractivity (Wildman–Crippen MR) is 82.1 cm³/mol. The van der Waals surface area contributed by atoms with Crippen molar-refractivity contribution in [1.29, 1.82) is 0 Å². The van der Waals surface area contributed by atoms with Gasteiger partial charge in [0, 0.05) is 23.6 Å². The summed E-state index contributed by atoms with van der Waals surface area (Å²) >= 11 is 4.58. The normalized spacial score (nSPS) is 18.8. The van der Waals surface area contributed by atoms with Gasteiger partial charge >= 0.3 is 0 Å². The second-order valence-corrected chi connectivity index (χ2v) is 8.59. The first-order valence-electron chi connectivity index (χ1n) is 6.52. The van der Waals surface area contributed by atoms with Gasteiger partial charge in [-0.2, -0.15) is 4.31 Å². The van der Waals surface area contributed by atoms with Crippen molar-refractivity contribution in [2.75, 3.05) is 19.6 Å². The second kappa shape index (κ2) is 6.67. The van der Waals surface area contributed by atoms with E-state index in [-0.39, 0.29) is 0 Å². The van der Waals surface area contributed by atoms with Crippen LogP contribution < -0.4 is 5.32 Å². The Morgan fingerprint density at radius 1 is 1.47 bits per heavy atom. The van der Waals surface area contributed by atoms with Crippen LogP contribution in [0.5, 0.6) is 0 Å². The molecule has 2 rings (SSSR count). The maximum Gasteiger partial charge on any atom is 0.253 e. The third-order valence-corrected chi connectivity index (χ3v) is 7.84. The number of hydrogen-bond donors (Lipinski definition) is 1. The van der Waals surface area contributed by atoms with E-state index < -0.39 is 10.0 Å². The van der Waals surface area contributed by atoms with E-state index in [1.165, 1.54) is 11.3 Å². The summed E-state index contributed by atoms with van der Waals surface area (Å²) in [7, 11) is -3.32. The van der Waals surface area contributed by atoms with Crippen molar-refractivity contribution in [3.8, 4) is 0 Å². The van der Waals surface area contributed by atoms with Gasteiger partial charge in [0.2, 0.25) is 0 Å². The lowest BCUT2D eigenvalue weighted by molar-refractivity contribution is 0.290. The zero-order valence-electron chi connectivity index (χ0n) is 10.9. The highest BCUT2D eigenvalue weighted by Gasteiger charge is 2.31. The van der Waals surface area contributed by atoms with E-state index in [0.717, 1.165) is 25.8 Å². The highest BCUT2D eigenvalue weighted by Crippen LogP contribution is 2.31. The quantitative estimate of drug-likeness (QED) is 0.871. The van der Waals surface area contributed by atoms with Gasteiger partial charge < -0.3 is 5.32 Å². The molecule has 1 aliphatic heterocycles. The first-order valence-corrected chi connectivity index (χ1v) is 9.63. The lowest BCUT2D eigenvalue weighted by atomic mass is 10.1. The van der Waals surface area contributed by atoms with Crippen molar-refractivity contribution in [2.45, 2.75) is 36.4 Å². The fourth-order valence-corrected chi connectivity index (χ4v) is 6.15. The molecule has 2 heterocycles. The monoisotopic (exact) mass is 366 g/mol. The summed E-state index contributed by atoms with van der Waals surface area (Å²) in [5.74, 6) is 0. The highest BCUT2D eigenvalue weighted by atomic mass is 79.9. The molecule has 0 unspecified atom stereocenters. The maximum absolute atomic E-state index is 12.5. The number of nitrogens with zero attached hydrogens (tertiary/aromatic N) is 1. The van der Waals surface area contributed by atoms with Gasteiger partial charge in [-0.15, -0.1) is 11.3 Å². The number of thiophene rings is 1. The zero-order chi connectivity index (χ0) is 13.9. The van der Waals surface area contributed by atoms with Crippen LogP contribution in [0.4, 0.5) is 0 Å². The summed E-state index contributed by atoms with van der Waals surface area (Å²) in [6.45, 7) is 4.36. The van der Waals surface area contributed by atoms with E-state index in [0.29, 0.717) is 27.8 Å². The molecule has 0 spiro atoms. The van der Waals surface area contributed by atoms with Gasteiger partial charge in [0.25, 0.3) is 10.0 Å². The third kappa shape index (κ3) is 3.58. The molecule has 0 atom stereocenters. The minimum atomic E-state index is -3.32. The Morgan fingerprint density at radius 3 is 2.68 bits per heavy atom. The molecule has 7 heteroatoms. The number of halogens is 1. The molecular formula is C12H19BrN2O2S2. The average Bonchev–Trinajstić information content (AvgIpc) is 2.84. The third-order valence-electron chi connectivity index (χ3n) is 3.30.